The summed E-state index contributed by atoms with van der Waals surface area (Å²) in [7, 11) is -3.73. The maximum Gasteiger partial charge on any atom is 0.238 e. The summed E-state index contributed by atoms with van der Waals surface area (Å²) in [6.07, 6.45) is 1.43. The third-order valence-electron chi connectivity index (χ3n) is 3.56. The Morgan fingerprint density at radius 1 is 1.07 bits per heavy atom. The lowest BCUT2D eigenvalue weighted by Crippen LogP contribution is -2.12. The first kappa shape index (κ1) is 19.6. The summed E-state index contributed by atoms with van der Waals surface area (Å²) in [5.41, 5.74) is 1.58. The Kier molecular flexibility index (Phi) is 5.95. The van der Waals surface area contributed by atoms with Crippen molar-refractivity contribution in [3.63, 3.8) is 0 Å². The molecule has 1 aromatic heterocycles. The van der Waals surface area contributed by atoms with Gasteiger partial charge in [-0.15, -0.1) is 0 Å². The fourth-order valence-corrected chi connectivity index (χ4v) is 3.35. The van der Waals surface area contributed by atoms with Crippen molar-refractivity contribution in [2.45, 2.75) is 11.4 Å². The molecule has 0 aliphatic carbocycles. The Hall–Kier alpha value is -2.20. The Morgan fingerprint density at radius 3 is 2.59 bits per heavy atom. The molecule has 0 fully saturated rings. The van der Waals surface area contributed by atoms with Gasteiger partial charge in [0.2, 0.25) is 10.0 Å². The largest absolute Gasteiger partial charge is 0.366 e. The lowest BCUT2D eigenvalue weighted by molar-refractivity contribution is 0.597. The van der Waals surface area contributed by atoms with Crippen molar-refractivity contribution in [1.29, 1.82) is 0 Å². The molecule has 140 valence electrons. The quantitative estimate of drug-likeness (QED) is 0.506. The minimum Gasteiger partial charge on any atom is -0.366 e. The van der Waals surface area contributed by atoms with E-state index in [2.05, 4.69) is 36.5 Å². The van der Waals surface area contributed by atoms with E-state index in [0.717, 1.165) is 15.7 Å². The summed E-state index contributed by atoms with van der Waals surface area (Å²) in [5, 5.41) is 12.1. The van der Waals surface area contributed by atoms with E-state index in [1.165, 1.54) is 18.5 Å². The van der Waals surface area contributed by atoms with E-state index in [9.17, 15) is 8.42 Å². The summed E-state index contributed by atoms with van der Waals surface area (Å²) < 4.78 is 23.7. The molecule has 27 heavy (non-hydrogen) atoms. The number of nitrogens with two attached hydrogens (primary N) is 1. The number of aromatic nitrogens is 2. The van der Waals surface area contributed by atoms with Gasteiger partial charge in [0, 0.05) is 22.8 Å². The van der Waals surface area contributed by atoms with Gasteiger partial charge in [0.25, 0.3) is 0 Å². The van der Waals surface area contributed by atoms with Crippen molar-refractivity contribution < 1.29 is 8.42 Å². The highest BCUT2D eigenvalue weighted by molar-refractivity contribution is 9.10. The number of nitrogens with zero attached hydrogens (tertiary/aromatic N) is 2. The lowest BCUT2D eigenvalue weighted by atomic mass is 10.2. The van der Waals surface area contributed by atoms with Crippen LogP contribution in [0.2, 0.25) is 5.02 Å². The molecule has 2 aromatic carbocycles. The average Bonchev–Trinajstić information content (AvgIpc) is 2.63. The molecule has 1 heterocycles. The molecule has 4 N–H and O–H groups in total. The number of hydrogen-bond acceptors (Lipinski definition) is 6. The maximum atomic E-state index is 11.4. The van der Waals surface area contributed by atoms with Crippen molar-refractivity contribution in [3.05, 3.63) is 69.9 Å². The van der Waals surface area contributed by atoms with Crippen LogP contribution in [-0.2, 0) is 16.6 Å². The first-order valence-electron chi connectivity index (χ1n) is 7.71. The molecule has 0 amide bonds. The number of sulfonamides is 1. The van der Waals surface area contributed by atoms with E-state index in [-0.39, 0.29) is 4.90 Å². The van der Waals surface area contributed by atoms with E-state index in [1.807, 2.05) is 12.1 Å². The number of primary sulfonamides is 1. The number of rotatable bonds is 6. The van der Waals surface area contributed by atoms with Gasteiger partial charge in [-0.1, -0.05) is 23.7 Å². The normalized spacial score (nSPS) is 11.2. The van der Waals surface area contributed by atoms with Crippen LogP contribution in [0.4, 0.5) is 17.3 Å². The van der Waals surface area contributed by atoms with Gasteiger partial charge in [0.05, 0.1) is 9.92 Å². The van der Waals surface area contributed by atoms with Crippen molar-refractivity contribution in [3.8, 4) is 0 Å². The first-order chi connectivity index (χ1) is 12.8. The average molecular weight is 469 g/mol. The monoisotopic (exact) mass is 467 g/mol. The standard InChI is InChI=1S/C17H15BrClN5O2S/c18-14-7-12(4-5-15(14)19)24-17-8-16(22-10-23-17)21-9-11-2-1-3-13(6-11)27(20,25)26/h1-8,10H,9H2,(H2,20,25,26)(H2,21,22,23,24). The predicted octanol–water partition coefficient (Wildman–Crippen LogP) is 3.90. The van der Waals surface area contributed by atoms with Gasteiger partial charge in [-0.05, 0) is 51.8 Å². The van der Waals surface area contributed by atoms with Crippen molar-refractivity contribution in [1.82, 2.24) is 9.97 Å². The molecule has 0 saturated heterocycles. The minimum atomic E-state index is -3.73. The first-order valence-corrected chi connectivity index (χ1v) is 10.4. The zero-order valence-electron chi connectivity index (χ0n) is 13.9. The van der Waals surface area contributed by atoms with E-state index < -0.39 is 10.0 Å². The summed E-state index contributed by atoms with van der Waals surface area (Å²) in [6.45, 7) is 0.381. The molecule has 0 aliphatic rings. The molecular weight excluding hydrogens is 454 g/mol. The molecule has 0 bridgehead atoms. The highest BCUT2D eigenvalue weighted by Gasteiger charge is 2.08. The van der Waals surface area contributed by atoms with Crippen LogP contribution in [0.5, 0.6) is 0 Å². The van der Waals surface area contributed by atoms with Crippen LogP contribution in [0.25, 0.3) is 0 Å². The summed E-state index contributed by atoms with van der Waals surface area (Å²) in [6, 6.07) is 13.6. The highest BCUT2D eigenvalue weighted by atomic mass is 79.9. The van der Waals surface area contributed by atoms with E-state index in [1.54, 1.807) is 24.3 Å². The molecule has 0 spiro atoms. The SMILES string of the molecule is NS(=O)(=O)c1cccc(CNc2cc(Nc3ccc(Cl)c(Br)c3)ncn2)c1. The molecule has 3 rings (SSSR count). The van der Waals surface area contributed by atoms with Gasteiger partial charge < -0.3 is 10.6 Å². The van der Waals surface area contributed by atoms with Crippen LogP contribution in [0, 0.1) is 0 Å². The van der Waals surface area contributed by atoms with Gasteiger partial charge in [-0.25, -0.2) is 23.5 Å². The molecule has 7 nitrogen and oxygen atoms in total. The van der Waals surface area contributed by atoms with Crippen molar-refractivity contribution in [2.24, 2.45) is 5.14 Å². The lowest BCUT2D eigenvalue weighted by Gasteiger charge is -2.10. The van der Waals surface area contributed by atoms with Gasteiger partial charge in [-0.2, -0.15) is 0 Å². The van der Waals surface area contributed by atoms with Gasteiger partial charge >= 0.3 is 0 Å². The third-order valence-corrected chi connectivity index (χ3v) is 5.68. The number of halogens is 2. The third kappa shape index (κ3) is 5.39. The topological polar surface area (TPSA) is 110 Å². The fraction of sp³-hybridized carbons (Fsp3) is 0.0588. The summed E-state index contributed by atoms with van der Waals surface area (Å²) in [5.74, 6) is 1.18. The smallest absolute Gasteiger partial charge is 0.238 e. The van der Waals surface area contributed by atoms with Crippen LogP contribution in [0.3, 0.4) is 0 Å². The van der Waals surface area contributed by atoms with Crippen LogP contribution in [0.15, 0.2) is 64.2 Å². The molecular formula is C17H15BrClN5O2S. The second kappa shape index (κ2) is 8.22. The number of hydrogen-bond donors (Lipinski definition) is 3. The van der Waals surface area contributed by atoms with E-state index in [4.69, 9.17) is 16.7 Å². The molecule has 0 unspecified atom stereocenters. The van der Waals surface area contributed by atoms with Gasteiger partial charge in [-0.3, -0.25) is 0 Å². The van der Waals surface area contributed by atoms with Crippen LogP contribution in [0.1, 0.15) is 5.56 Å². The molecule has 0 aliphatic heterocycles. The van der Waals surface area contributed by atoms with Crippen LogP contribution >= 0.6 is 27.5 Å². The fourth-order valence-electron chi connectivity index (χ4n) is 2.27. The Bertz CT molecular complexity index is 1080. The molecule has 0 radical (unpaired) electrons. The molecule has 0 atom stereocenters. The molecule has 0 saturated carbocycles. The molecule has 10 heteroatoms. The van der Waals surface area contributed by atoms with Crippen molar-refractivity contribution >= 4 is 54.9 Å². The number of benzene rings is 2. The van der Waals surface area contributed by atoms with Crippen LogP contribution in [-0.4, -0.2) is 18.4 Å². The highest BCUT2D eigenvalue weighted by Crippen LogP contribution is 2.27. The van der Waals surface area contributed by atoms with E-state index in [0.29, 0.717) is 23.2 Å². The van der Waals surface area contributed by atoms with E-state index >= 15 is 0 Å². The molecule has 3 aromatic rings. The number of nitrogens with one attached hydrogen (secondary N) is 2. The second-order valence-electron chi connectivity index (χ2n) is 5.59. The van der Waals surface area contributed by atoms with Gasteiger partial charge in [0.1, 0.15) is 18.0 Å². The minimum absolute atomic E-state index is 0.0696. The Balaban J connectivity index is 1.70. The predicted molar refractivity (Wildman–Crippen MR) is 110 cm³/mol. The zero-order chi connectivity index (χ0) is 19.4. The second-order valence-corrected chi connectivity index (χ2v) is 8.41. The number of anilines is 3. The van der Waals surface area contributed by atoms with Crippen LogP contribution < -0.4 is 15.8 Å². The summed E-state index contributed by atoms with van der Waals surface area (Å²) in [4.78, 5) is 8.41. The van der Waals surface area contributed by atoms with Gasteiger partial charge in [0.15, 0.2) is 0 Å². The Morgan fingerprint density at radius 2 is 1.85 bits per heavy atom. The zero-order valence-corrected chi connectivity index (χ0v) is 17.0. The maximum absolute atomic E-state index is 11.4. The van der Waals surface area contributed by atoms with Crippen molar-refractivity contribution in [2.75, 3.05) is 10.6 Å². The summed E-state index contributed by atoms with van der Waals surface area (Å²) >= 11 is 9.37. The Labute approximate surface area is 170 Å².